The lowest BCUT2D eigenvalue weighted by Crippen LogP contribution is -2.43. The van der Waals surface area contributed by atoms with Crippen LogP contribution in [0.25, 0.3) is 11.3 Å². The molecule has 5 heteroatoms. The van der Waals surface area contributed by atoms with E-state index in [4.69, 9.17) is 5.73 Å². The second-order valence-corrected chi connectivity index (χ2v) is 5.52. The summed E-state index contributed by atoms with van der Waals surface area (Å²) in [7, 11) is 1.93. The summed E-state index contributed by atoms with van der Waals surface area (Å²) in [5.74, 6) is 0.530. The normalized spacial score (nSPS) is 15.8. The molecule has 0 radical (unpaired) electrons. The van der Waals surface area contributed by atoms with Crippen LogP contribution >= 0.6 is 0 Å². The summed E-state index contributed by atoms with van der Waals surface area (Å²) >= 11 is 0. The van der Waals surface area contributed by atoms with E-state index in [1.165, 1.54) is 19.3 Å². The van der Waals surface area contributed by atoms with E-state index in [0.29, 0.717) is 18.5 Å². The van der Waals surface area contributed by atoms with E-state index in [9.17, 15) is 0 Å². The molecule has 1 heterocycles. The number of aliphatic imine (C=N–C) groups is 1. The number of hydrogen-bond donors (Lipinski definition) is 2. The monoisotopic (exact) mass is 283 g/mol. The molecule has 1 saturated carbocycles. The van der Waals surface area contributed by atoms with Crippen molar-refractivity contribution in [3.8, 4) is 11.3 Å². The van der Waals surface area contributed by atoms with Gasteiger partial charge in [0.1, 0.15) is 0 Å². The number of benzene rings is 1. The van der Waals surface area contributed by atoms with Crippen molar-refractivity contribution in [3.05, 3.63) is 42.1 Å². The second kappa shape index (κ2) is 5.99. The molecule has 0 unspecified atom stereocenters. The van der Waals surface area contributed by atoms with Gasteiger partial charge in [-0.25, -0.2) is 4.99 Å². The maximum Gasteiger partial charge on any atom is 0.189 e. The highest BCUT2D eigenvalue weighted by Gasteiger charge is 2.17. The summed E-state index contributed by atoms with van der Waals surface area (Å²) in [5, 5.41) is 7.79. The van der Waals surface area contributed by atoms with E-state index in [1.807, 2.05) is 36.1 Å². The largest absolute Gasteiger partial charge is 0.370 e. The number of nitrogens with two attached hydrogens (primary N) is 1. The first kappa shape index (κ1) is 13.7. The number of rotatable bonds is 4. The highest BCUT2D eigenvalue weighted by molar-refractivity contribution is 5.78. The molecule has 0 saturated heterocycles. The molecule has 0 bridgehead atoms. The molecule has 0 amide bonds. The molecule has 0 atom stereocenters. The maximum atomic E-state index is 5.94. The quantitative estimate of drug-likeness (QED) is 0.666. The van der Waals surface area contributed by atoms with Gasteiger partial charge in [-0.2, -0.15) is 5.10 Å². The first-order valence-corrected chi connectivity index (χ1v) is 7.37. The van der Waals surface area contributed by atoms with Gasteiger partial charge in [0.15, 0.2) is 5.96 Å². The van der Waals surface area contributed by atoms with Gasteiger partial charge in [0, 0.05) is 30.4 Å². The van der Waals surface area contributed by atoms with Gasteiger partial charge in [-0.3, -0.25) is 4.68 Å². The zero-order valence-electron chi connectivity index (χ0n) is 12.3. The standard InChI is InChI=1S/C16H21N5/c1-21-11-13(10-18-16(17)19-14-8-5-9-14)15(20-21)12-6-3-2-4-7-12/h2-4,6-7,11,14H,5,8-10H2,1H3,(H3,17,18,19). The molecular formula is C16H21N5. The van der Waals surface area contributed by atoms with E-state index in [-0.39, 0.29) is 0 Å². The van der Waals surface area contributed by atoms with Gasteiger partial charge in [0.25, 0.3) is 0 Å². The summed E-state index contributed by atoms with van der Waals surface area (Å²) in [6, 6.07) is 10.7. The van der Waals surface area contributed by atoms with Gasteiger partial charge < -0.3 is 11.1 Å². The van der Waals surface area contributed by atoms with E-state index in [0.717, 1.165) is 16.8 Å². The molecule has 0 spiro atoms. The van der Waals surface area contributed by atoms with Gasteiger partial charge in [-0.05, 0) is 19.3 Å². The maximum absolute atomic E-state index is 5.94. The van der Waals surface area contributed by atoms with Crippen molar-refractivity contribution in [1.82, 2.24) is 15.1 Å². The van der Waals surface area contributed by atoms with Gasteiger partial charge in [-0.1, -0.05) is 30.3 Å². The number of aromatic nitrogens is 2. The van der Waals surface area contributed by atoms with Crippen molar-refractivity contribution >= 4 is 5.96 Å². The summed E-state index contributed by atoms with van der Waals surface area (Å²) < 4.78 is 1.82. The molecule has 0 aliphatic heterocycles. The van der Waals surface area contributed by atoms with E-state index >= 15 is 0 Å². The fourth-order valence-corrected chi connectivity index (χ4v) is 2.47. The molecule has 5 nitrogen and oxygen atoms in total. The topological polar surface area (TPSA) is 68.2 Å². The van der Waals surface area contributed by atoms with Crippen molar-refractivity contribution in [2.75, 3.05) is 0 Å². The third-order valence-corrected chi connectivity index (χ3v) is 3.83. The number of nitrogens with one attached hydrogen (secondary N) is 1. The Morgan fingerprint density at radius 2 is 2.14 bits per heavy atom. The van der Waals surface area contributed by atoms with Crippen LogP contribution in [0.15, 0.2) is 41.5 Å². The molecule has 1 fully saturated rings. The fourth-order valence-electron chi connectivity index (χ4n) is 2.47. The molecule has 3 N–H and O–H groups in total. The minimum atomic E-state index is 0.510. The number of hydrogen-bond acceptors (Lipinski definition) is 2. The summed E-state index contributed by atoms with van der Waals surface area (Å²) in [6.07, 6.45) is 5.67. The highest BCUT2D eigenvalue weighted by atomic mass is 15.3. The number of aryl methyl sites for hydroxylation is 1. The van der Waals surface area contributed by atoms with Crippen LogP contribution in [-0.2, 0) is 13.6 Å². The van der Waals surface area contributed by atoms with Crippen LogP contribution in [0, 0.1) is 0 Å². The Labute approximate surface area is 124 Å². The van der Waals surface area contributed by atoms with Crippen molar-refractivity contribution in [2.45, 2.75) is 31.8 Å². The molecule has 2 aromatic rings. The molecule has 3 rings (SSSR count). The Balaban J connectivity index is 1.74. The number of guanidine groups is 1. The minimum absolute atomic E-state index is 0.510. The lowest BCUT2D eigenvalue weighted by Gasteiger charge is -2.26. The Kier molecular flexibility index (Phi) is 3.90. The first-order chi connectivity index (χ1) is 10.2. The van der Waals surface area contributed by atoms with Crippen molar-refractivity contribution < 1.29 is 0 Å². The third-order valence-electron chi connectivity index (χ3n) is 3.83. The SMILES string of the molecule is Cn1cc(CN=C(N)NC2CCC2)c(-c2ccccc2)n1. The highest BCUT2D eigenvalue weighted by Crippen LogP contribution is 2.22. The van der Waals surface area contributed by atoms with E-state index in [2.05, 4.69) is 27.5 Å². The molecule has 110 valence electrons. The van der Waals surface area contributed by atoms with Crippen LogP contribution in [0.4, 0.5) is 0 Å². The minimum Gasteiger partial charge on any atom is -0.370 e. The summed E-state index contributed by atoms with van der Waals surface area (Å²) in [4.78, 5) is 4.45. The van der Waals surface area contributed by atoms with Crippen LogP contribution in [0.5, 0.6) is 0 Å². The Morgan fingerprint density at radius 3 is 2.81 bits per heavy atom. The zero-order valence-corrected chi connectivity index (χ0v) is 12.3. The van der Waals surface area contributed by atoms with Crippen LogP contribution in [-0.4, -0.2) is 21.8 Å². The zero-order chi connectivity index (χ0) is 14.7. The molecule has 1 aromatic carbocycles. The lowest BCUT2D eigenvalue weighted by molar-refractivity contribution is 0.382. The molecule has 21 heavy (non-hydrogen) atoms. The fraction of sp³-hybridized carbons (Fsp3) is 0.375. The van der Waals surface area contributed by atoms with Crippen LogP contribution in [0.3, 0.4) is 0 Å². The summed E-state index contributed by atoms with van der Waals surface area (Å²) in [5.41, 5.74) is 9.10. The Hall–Kier alpha value is -2.30. The number of nitrogens with zero attached hydrogens (tertiary/aromatic N) is 3. The Bertz CT molecular complexity index is 625. The molecule has 1 aliphatic rings. The van der Waals surface area contributed by atoms with Crippen molar-refractivity contribution in [2.24, 2.45) is 17.8 Å². The third kappa shape index (κ3) is 3.24. The first-order valence-electron chi connectivity index (χ1n) is 7.37. The second-order valence-electron chi connectivity index (χ2n) is 5.52. The smallest absolute Gasteiger partial charge is 0.189 e. The Morgan fingerprint density at radius 1 is 1.38 bits per heavy atom. The predicted octanol–water partition coefficient (Wildman–Crippen LogP) is 2.04. The van der Waals surface area contributed by atoms with Gasteiger partial charge >= 0.3 is 0 Å². The average molecular weight is 283 g/mol. The van der Waals surface area contributed by atoms with Crippen molar-refractivity contribution in [1.29, 1.82) is 0 Å². The van der Waals surface area contributed by atoms with Gasteiger partial charge in [-0.15, -0.1) is 0 Å². The molecule has 1 aromatic heterocycles. The van der Waals surface area contributed by atoms with E-state index < -0.39 is 0 Å². The van der Waals surface area contributed by atoms with Crippen LogP contribution in [0.2, 0.25) is 0 Å². The molecule has 1 aliphatic carbocycles. The lowest BCUT2D eigenvalue weighted by atomic mass is 9.93. The average Bonchev–Trinajstić information content (AvgIpc) is 2.83. The predicted molar refractivity (Wildman–Crippen MR) is 84.7 cm³/mol. The van der Waals surface area contributed by atoms with E-state index in [1.54, 1.807) is 0 Å². The summed E-state index contributed by atoms with van der Waals surface area (Å²) in [6.45, 7) is 0.545. The van der Waals surface area contributed by atoms with Crippen LogP contribution in [0.1, 0.15) is 24.8 Å². The van der Waals surface area contributed by atoms with Gasteiger partial charge in [0.2, 0.25) is 0 Å². The molecular weight excluding hydrogens is 262 g/mol. The van der Waals surface area contributed by atoms with Crippen molar-refractivity contribution in [3.63, 3.8) is 0 Å². The van der Waals surface area contributed by atoms with Crippen LogP contribution < -0.4 is 11.1 Å². The van der Waals surface area contributed by atoms with Gasteiger partial charge in [0.05, 0.1) is 12.2 Å².